The van der Waals surface area contributed by atoms with E-state index in [1.165, 1.54) is 6.20 Å². The second-order valence-electron chi connectivity index (χ2n) is 3.69. The third-order valence-electron chi connectivity index (χ3n) is 2.49. The Morgan fingerprint density at radius 2 is 2.28 bits per heavy atom. The molecule has 0 aromatic carbocycles. The molecule has 6 nitrogen and oxygen atoms in total. The fourth-order valence-electron chi connectivity index (χ4n) is 1.59. The molecule has 2 rings (SSSR count). The molecule has 0 aliphatic rings. The number of carbonyl (C=O) groups is 1. The van der Waals surface area contributed by atoms with E-state index >= 15 is 0 Å². The van der Waals surface area contributed by atoms with Crippen LogP contribution in [0, 0.1) is 6.92 Å². The highest BCUT2D eigenvalue weighted by atomic mass is 16.5. The zero-order chi connectivity index (χ0) is 13.1. The molecule has 18 heavy (non-hydrogen) atoms. The summed E-state index contributed by atoms with van der Waals surface area (Å²) in [5.41, 5.74) is 6.34. The third kappa shape index (κ3) is 2.17. The van der Waals surface area contributed by atoms with Crippen LogP contribution >= 0.6 is 0 Å². The highest BCUT2D eigenvalue weighted by molar-refractivity contribution is 5.95. The van der Waals surface area contributed by atoms with Crippen LogP contribution < -0.4 is 5.73 Å². The van der Waals surface area contributed by atoms with Crippen molar-refractivity contribution in [2.45, 2.75) is 13.8 Å². The van der Waals surface area contributed by atoms with Gasteiger partial charge in [-0.3, -0.25) is 4.57 Å². The van der Waals surface area contributed by atoms with Crippen molar-refractivity contribution in [3.63, 3.8) is 0 Å². The van der Waals surface area contributed by atoms with Gasteiger partial charge in [-0.15, -0.1) is 0 Å². The molecule has 0 unspecified atom stereocenters. The summed E-state index contributed by atoms with van der Waals surface area (Å²) in [5, 5.41) is 0. The fraction of sp³-hybridized carbons (Fsp3) is 0.250. The van der Waals surface area contributed by atoms with Gasteiger partial charge in [0.1, 0.15) is 11.6 Å². The van der Waals surface area contributed by atoms with Crippen LogP contribution in [-0.4, -0.2) is 27.1 Å². The molecule has 0 spiro atoms. The Kier molecular flexibility index (Phi) is 3.27. The van der Waals surface area contributed by atoms with Crippen LogP contribution in [0.2, 0.25) is 0 Å². The van der Waals surface area contributed by atoms with Crippen molar-refractivity contribution >= 4 is 11.7 Å². The van der Waals surface area contributed by atoms with Crippen LogP contribution in [0.15, 0.2) is 24.7 Å². The van der Waals surface area contributed by atoms with Crippen molar-refractivity contribution in [3.8, 4) is 5.82 Å². The van der Waals surface area contributed by atoms with Gasteiger partial charge in [0.2, 0.25) is 0 Å². The zero-order valence-corrected chi connectivity index (χ0v) is 10.3. The molecule has 2 heterocycles. The second kappa shape index (κ2) is 4.87. The summed E-state index contributed by atoms with van der Waals surface area (Å²) in [4.78, 5) is 20.0. The maximum Gasteiger partial charge on any atom is 0.340 e. The molecule has 0 atom stereocenters. The number of anilines is 1. The van der Waals surface area contributed by atoms with E-state index < -0.39 is 5.97 Å². The Morgan fingerprint density at radius 1 is 1.50 bits per heavy atom. The van der Waals surface area contributed by atoms with E-state index in [2.05, 4.69) is 9.97 Å². The van der Waals surface area contributed by atoms with Crippen molar-refractivity contribution in [1.29, 1.82) is 0 Å². The molecule has 0 bridgehead atoms. The van der Waals surface area contributed by atoms with E-state index in [1.807, 2.05) is 6.92 Å². The SMILES string of the molecule is CCOC(=O)c1cc(-n2ccnc2C)ncc1N. The largest absolute Gasteiger partial charge is 0.462 e. The van der Waals surface area contributed by atoms with E-state index in [0.717, 1.165) is 5.82 Å². The molecule has 0 amide bonds. The zero-order valence-electron chi connectivity index (χ0n) is 10.3. The van der Waals surface area contributed by atoms with Gasteiger partial charge >= 0.3 is 5.97 Å². The van der Waals surface area contributed by atoms with Crippen molar-refractivity contribution in [1.82, 2.24) is 14.5 Å². The van der Waals surface area contributed by atoms with E-state index in [-0.39, 0.29) is 0 Å². The maximum atomic E-state index is 11.7. The van der Waals surface area contributed by atoms with Gasteiger partial charge in [0.05, 0.1) is 24.1 Å². The Morgan fingerprint density at radius 3 is 2.89 bits per heavy atom. The van der Waals surface area contributed by atoms with Crippen LogP contribution in [0.3, 0.4) is 0 Å². The van der Waals surface area contributed by atoms with Crippen LogP contribution in [-0.2, 0) is 4.74 Å². The van der Waals surface area contributed by atoms with Crippen molar-refractivity contribution in [2.24, 2.45) is 0 Å². The predicted octanol–water partition coefficient (Wildman–Crippen LogP) is 1.33. The molecule has 0 fully saturated rings. The summed E-state index contributed by atoms with van der Waals surface area (Å²) < 4.78 is 6.71. The van der Waals surface area contributed by atoms with Gasteiger partial charge in [-0.05, 0) is 19.9 Å². The molecule has 0 saturated carbocycles. The number of hydrogen-bond donors (Lipinski definition) is 1. The first-order valence-corrected chi connectivity index (χ1v) is 5.56. The number of pyridine rings is 1. The summed E-state index contributed by atoms with van der Waals surface area (Å²) in [6.45, 7) is 3.90. The number of imidazole rings is 1. The predicted molar refractivity (Wildman–Crippen MR) is 66.5 cm³/mol. The number of aryl methyl sites for hydroxylation is 1. The van der Waals surface area contributed by atoms with Crippen molar-refractivity contribution < 1.29 is 9.53 Å². The van der Waals surface area contributed by atoms with Gasteiger partial charge in [0, 0.05) is 12.4 Å². The molecule has 2 N–H and O–H groups in total. The number of hydrogen-bond acceptors (Lipinski definition) is 5. The summed E-state index contributed by atoms with van der Waals surface area (Å²) in [6.07, 6.45) is 4.88. The van der Waals surface area contributed by atoms with Gasteiger partial charge in [0.15, 0.2) is 0 Å². The highest BCUT2D eigenvalue weighted by Crippen LogP contribution is 2.16. The number of nitrogens with two attached hydrogens (primary N) is 1. The van der Waals surface area contributed by atoms with E-state index in [4.69, 9.17) is 10.5 Å². The smallest absolute Gasteiger partial charge is 0.340 e. The first-order chi connectivity index (χ1) is 8.63. The number of nitrogen functional groups attached to an aromatic ring is 1. The lowest BCUT2D eigenvalue weighted by Gasteiger charge is -2.08. The van der Waals surface area contributed by atoms with Gasteiger partial charge in [0.25, 0.3) is 0 Å². The molecule has 0 aliphatic carbocycles. The van der Waals surface area contributed by atoms with Gasteiger partial charge in [-0.25, -0.2) is 14.8 Å². The summed E-state index contributed by atoms with van der Waals surface area (Å²) in [5.74, 6) is 0.917. The average molecular weight is 246 g/mol. The Labute approximate surface area is 104 Å². The number of esters is 1. The normalized spacial score (nSPS) is 10.3. The first kappa shape index (κ1) is 12.1. The topological polar surface area (TPSA) is 83.0 Å². The van der Waals surface area contributed by atoms with E-state index in [0.29, 0.717) is 23.7 Å². The van der Waals surface area contributed by atoms with Gasteiger partial charge in [-0.1, -0.05) is 0 Å². The first-order valence-electron chi connectivity index (χ1n) is 5.56. The highest BCUT2D eigenvalue weighted by Gasteiger charge is 2.13. The van der Waals surface area contributed by atoms with Gasteiger partial charge in [-0.2, -0.15) is 0 Å². The number of ether oxygens (including phenoxy) is 1. The quantitative estimate of drug-likeness (QED) is 0.826. The average Bonchev–Trinajstić information content (AvgIpc) is 2.76. The van der Waals surface area contributed by atoms with Crippen LogP contribution in [0.1, 0.15) is 23.1 Å². The molecular formula is C12H14N4O2. The lowest BCUT2D eigenvalue weighted by molar-refractivity contribution is 0.0527. The molecule has 0 saturated heterocycles. The Balaban J connectivity index is 2.44. The van der Waals surface area contributed by atoms with Gasteiger partial charge < -0.3 is 10.5 Å². The standard InChI is InChI=1S/C12H14N4O2/c1-3-18-12(17)9-6-11(15-7-10(9)13)16-5-4-14-8(16)2/h4-7H,3,13H2,1-2H3. The lowest BCUT2D eigenvalue weighted by Crippen LogP contribution is -2.10. The van der Waals surface area contributed by atoms with Crippen LogP contribution in [0.4, 0.5) is 5.69 Å². The number of nitrogens with zero attached hydrogens (tertiary/aromatic N) is 3. The minimum absolute atomic E-state index is 0.301. The summed E-state index contributed by atoms with van der Waals surface area (Å²) in [7, 11) is 0. The molecule has 2 aromatic heterocycles. The molecule has 0 aliphatic heterocycles. The van der Waals surface area contributed by atoms with Crippen LogP contribution in [0.5, 0.6) is 0 Å². The Bertz CT molecular complexity index is 577. The van der Waals surface area contributed by atoms with E-state index in [1.54, 1.807) is 30.0 Å². The van der Waals surface area contributed by atoms with Crippen molar-refractivity contribution in [3.05, 3.63) is 36.0 Å². The van der Waals surface area contributed by atoms with Crippen molar-refractivity contribution in [2.75, 3.05) is 12.3 Å². The molecule has 94 valence electrons. The number of rotatable bonds is 3. The van der Waals surface area contributed by atoms with E-state index in [9.17, 15) is 4.79 Å². The Hall–Kier alpha value is -2.37. The molecule has 0 radical (unpaired) electrons. The lowest BCUT2D eigenvalue weighted by atomic mass is 10.2. The monoisotopic (exact) mass is 246 g/mol. The maximum absolute atomic E-state index is 11.7. The molecule has 2 aromatic rings. The summed E-state index contributed by atoms with van der Waals surface area (Å²) >= 11 is 0. The minimum atomic E-state index is -0.448. The molecular weight excluding hydrogens is 232 g/mol. The third-order valence-corrected chi connectivity index (χ3v) is 2.49. The minimum Gasteiger partial charge on any atom is -0.462 e. The second-order valence-corrected chi connectivity index (χ2v) is 3.69. The summed E-state index contributed by atoms with van der Waals surface area (Å²) in [6, 6.07) is 1.60. The number of carbonyl (C=O) groups excluding carboxylic acids is 1. The number of aromatic nitrogens is 3. The fourth-order valence-corrected chi connectivity index (χ4v) is 1.59. The molecule has 6 heteroatoms. The van der Waals surface area contributed by atoms with Crippen LogP contribution in [0.25, 0.3) is 5.82 Å².